The van der Waals surface area contributed by atoms with Crippen LogP contribution in [0, 0.1) is 0 Å². The van der Waals surface area contributed by atoms with E-state index in [9.17, 15) is 9.90 Å². The predicted octanol–water partition coefficient (Wildman–Crippen LogP) is 0.891. The van der Waals surface area contributed by atoms with Crippen LogP contribution in [0.15, 0.2) is 24.3 Å². The van der Waals surface area contributed by atoms with E-state index in [0.29, 0.717) is 24.9 Å². The summed E-state index contributed by atoms with van der Waals surface area (Å²) in [7, 11) is 0. The van der Waals surface area contributed by atoms with E-state index in [1.54, 1.807) is 24.3 Å². The average molecular weight is 293 g/mol. The zero-order chi connectivity index (χ0) is 15.1. The maximum Gasteiger partial charge on any atom is 0.221 e. The van der Waals surface area contributed by atoms with Crippen LogP contribution in [0.4, 0.5) is 5.69 Å². The molecule has 21 heavy (non-hydrogen) atoms. The van der Waals surface area contributed by atoms with E-state index < -0.39 is 6.10 Å². The molecule has 0 aliphatic heterocycles. The van der Waals surface area contributed by atoms with E-state index in [2.05, 4.69) is 10.6 Å². The molecule has 1 saturated carbocycles. The highest BCUT2D eigenvalue weighted by Crippen LogP contribution is 2.16. The summed E-state index contributed by atoms with van der Waals surface area (Å²) in [5.74, 6) is 0.602. The Kier molecular flexibility index (Phi) is 6.02. The van der Waals surface area contributed by atoms with Crippen molar-refractivity contribution in [2.24, 2.45) is 0 Å². The number of anilines is 1. The molecule has 1 atom stereocenters. The van der Waals surface area contributed by atoms with Gasteiger partial charge in [-0.3, -0.25) is 4.79 Å². The smallest absolute Gasteiger partial charge is 0.221 e. The maximum atomic E-state index is 10.9. The molecule has 1 fully saturated rings. The molecule has 0 unspecified atom stereocenters. The summed E-state index contributed by atoms with van der Waals surface area (Å²) < 4.78 is 5.56. The largest absolute Gasteiger partial charge is 0.491 e. The highest BCUT2D eigenvalue weighted by molar-refractivity contribution is 5.88. The Balaban J connectivity index is 1.67. The zero-order valence-corrected chi connectivity index (χ0v) is 12.5. The fourth-order valence-electron chi connectivity index (χ4n) is 2.64. The van der Waals surface area contributed by atoms with Gasteiger partial charge >= 0.3 is 0 Å². The number of ether oxygens (including phenoxy) is 1. The molecule has 5 heteroatoms. The van der Waals surface area contributed by atoms with Crippen molar-refractivity contribution in [1.82, 2.24) is 0 Å². The van der Waals surface area contributed by atoms with Crippen molar-refractivity contribution in [3.63, 3.8) is 0 Å². The number of nitrogens with two attached hydrogens (primary N) is 1. The minimum atomic E-state index is -0.458. The van der Waals surface area contributed by atoms with Crippen molar-refractivity contribution in [1.29, 1.82) is 0 Å². The van der Waals surface area contributed by atoms with Gasteiger partial charge in [0.1, 0.15) is 25.0 Å². The van der Waals surface area contributed by atoms with Crippen LogP contribution in [0.3, 0.4) is 0 Å². The van der Waals surface area contributed by atoms with E-state index >= 15 is 0 Å². The predicted molar refractivity (Wildman–Crippen MR) is 81.3 cm³/mol. The van der Waals surface area contributed by atoms with Crippen LogP contribution >= 0.6 is 0 Å². The number of hydrogen-bond acceptors (Lipinski definition) is 3. The van der Waals surface area contributed by atoms with Gasteiger partial charge in [0.25, 0.3) is 0 Å². The Morgan fingerprint density at radius 2 is 2.05 bits per heavy atom. The van der Waals surface area contributed by atoms with Gasteiger partial charge in [0.05, 0.1) is 6.04 Å². The Morgan fingerprint density at radius 3 is 2.67 bits per heavy atom. The van der Waals surface area contributed by atoms with Gasteiger partial charge in [-0.1, -0.05) is 0 Å². The Morgan fingerprint density at radius 1 is 1.38 bits per heavy atom. The highest BCUT2D eigenvalue weighted by Gasteiger charge is 2.19. The number of nitrogens with one attached hydrogen (secondary N) is 1. The lowest BCUT2D eigenvalue weighted by molar-refractivity contribution is -0.693. The molecule has 0 radical (unpaired) electrons. The quantitative estimate of drug-likeness (QED) is 0.699. The van der Waals surface area contributed by atoms with E-state index in [1.165, 1.54) is 32.6 Å². The molecular formula is C16H25N2O3+. The second-order valence-electron chi connectivity index (χ2n) is 5.69. The molecule has 1 aromatic carbocycles. The van der Waals surface area contributed by atoms with Crippen molar-refractivity contribution in [3.05, 3.63) is 24.3 Å². The first-order valence-electron chi connectivity index (χ1n) is 7.65. The van der Waals surface area contributed by atoms with Gasteiger partial charge < -0.3 is 20.5 Å². The van der Waals surface area contributed by atoms with E-state index in [4.69, 9.17) is 4.74 Å². The van der Waals surface area contributed by atoms with Crippen molar-refractivity contribution in [3.8, 4) is 5.75 Å². The summed E-state index contributed by atoms with van der Waals surface area (Å²) in [6, 6.07) is 7.83. The lowest BCUT2D eigenvalue weighted by atomic mass is 10.2. The summed E-state index contributed by atoms with van der Waals surface area (Å²) in [4.78, 5) is 10.9. The number of aliphatic hydroxyl groups excluding tert-OH is 1. The topological polar surface area (TPSA) is 75.2 Å². The van der Waals surface area contributed by atoms with Crippen LogP contribution in [0.5, 0.6) is 5.75 Å². The second kappa shape index (κ2) is 8.00. The number of quaternary nitrogens is 1. The van der Waals surface area contributed by atoms with Crippen LogP contribution in [-0.2, 0) is 4.79 Å². The molecule has 5 nitrogen and oxygen atoms in total. The van der Waals surface area contributed by atoms with Gasteiger partial charge in [-0.15, -0.1) is 0 Å². The SMILES string of the molecule is CC(=O)Nc1ccc(OC[C@H](O)C[NH2+]C2CCCC2)cc1. The minimum Gasteiger partial charge on any atom is -0.491 e. The number of amides is 1. The van der Waals surface area contributed by atoms with Crippen LogP contribution in [0.25, 0.3) is 0 Å². The number of hydrogen-bond donors (Lipinski definition) is 3. The van der Waals surface area contributed by atoms with Gasteiger partial charge in [0.2, 0.25) is 5.91 Å². The first-order valence-corrected chi connectivity index (χ1v) is 7.65. The molecule has 1 amide bonds. The second-order valence-corrected chi connectivity index (χ2v) is 5.69. The van der Waals surface area contributed by atoms with Crippen LogP contribution in [0.1, 0.15) is 32.6 Å². The van der Waals surface area contributed by atoms with Gasteiger partial charge in [-0.25, -0.2) is 0 Å². The number of aliphatic hydroxyl groups is 1. The highest BCUT2D eigenvalue weighted by atomic mass is 16.5. The molecule has 0 saturated heterocycles. The van der Waals surface area contributed by atoms with Gasteiger partial charge in [-0.05, 0) is 49.9 Å². The molecule has 0 heterocycles. The first-order chi connectivity index (χ1) is 10.1. The van der Waals surface area contributed by atoms with Crippen molar-refractivity contribution >= 4 is 11.6 Å². The third-order valence-electron chi connectivity index (χ3n) is 3.76. The lowest BCUT2D eigenvalue weighted by Crippen LogP contribution is -2.91. The van der Waals surface area contributed by atoms with E-state index in [1.807, 2.05) is 0 Å². The molecular weight excluding hydrogens is 268 g/mol. The summed E-state index contributed by atoms with van der Waals surface area (Å²) in [6.07, 6.45) is 4.69. The van der Waals surface area contributed by atoms with Gasteiger partial charge in [0, 0.05) is 12.6 Å². The molecule has 116 valence electrons. The molecule has 1 aliphatic rings. The molecule has 2 rings (SSSR count). The fourth-order valence-corrected chi connectivity index (χ4v) is 2.64. The number of benzene rings is 1. The Bertz CT molecular complexity index is 441. The van der Waals surface area contributed by atoms with Gasteiger partial charge in [0.15, 0.2) is 0 Å². The third kappa shape index (κ3) is 5.73. The van der Waals surface area contributed by atoms with Crippen molar-refractivity contribution in [2.75, 3.05) is 18.5 Å². The van der Waals surface area contributed by atoms with Crippen LogP contribution < -0.4 is 15.4 Å². The summed E-state index contributed by atoms with van der Waals surface area (Å²) in [6.45, 7) is 2.46. The molecule has 0 aromatic heterocycles. The maximum absolute atomic E-state index is 10.9. The number of carbonyl (C=O) groups is 1. The van der Waals surface area contributed by atoms with Crippen molar-refractivity contribution in [2.45, 2.75) is 44.8 Å². The standard InChI is InChI=1S/C16H24N2O3/c1-12(19)18-14-6-8-16(9-7-14)21-11-15(20)10-17-13-4-2-3-5-13/h6-9,13,15,17,20H,2-5,10-11H2,1H3,(H,18,19)/p+1/t15-/m1/s1. The summed E-state index contributed by atoms with van der Waals surface area (Å²) >= 11 is 0. The normalized spacial score (nSPS) is 16.7. The van der Waals surface area contributed by atoms with E-state index in [-0.39, 0.29) is 5.91 Å². The molecule has 1 aliphatic carbocycles. The first kappa shape index (κ1) is 15.8. The molecule has 0 spiro atoms. The van der Waals surface area contributed by atoms with Crippen LogP contribution in [0.2, 0.25) is 0 Å². The molecule has 1 aromatic rings. The zero-order valence-electron chi connectivity index (χ0n) is 12.5. The van der Waals surface area contributed by atoms with Crippen LogP contribution in [-0.4, -0.2) is 36.3 Å². The fraction of sp³-hybridized carbons (Fsp3) is 0.562. The molecule has 0 bridgehead atoms. The lowest BCUT2D eigenvalue weighted by Gasteiger charge is -2.14. The average Bonchev–Trinajstić information content (AvgIpc) is 2.97. The third-order valence-corrected chi connectivity index (χ3v) is 3.76. The minimum absolute atomic E-state index is 0.0958. The van der Waals surface area contributed by atoms with Gasteiger partial charge in [-0.2, -0.15) is 0 Å². The Hall–Kier alpha value is -1.59. The number of rotatable bonds is 7. The van der Waals surface area contributed by atoms with Crippen molar-refractivity contribution < 1.29 is 20.0 Å². The summed E-state index contributed by atoms with van der Waals surface area (Å²) in [5.41, 5.74) is 0.741. The number of carbonyl (C=O) groups excluding carboxylic acids is 1. The molecule has 4 N–H and O–H groups in total. The van der Waals surface area contributed by atoms with E-state index in [0.717, 1.165) is 5.69 Å². The summed E-state index contributed by atoms with van der Waals surface area (Å²) in [5, 5.41) is 14.9. The Labute approximate surface area is 125 Å². The monoisotopic (exact) mass is 293 g/mol.